The highest BCUT2D eigenvalue weighted by Crippen LogP contribution is 2.40. The Labute approximate surface area is 108 Å². The van der Waals surface area contributed by atoms with Crippen LogP contribution < -0.4 is 10.6 Å². The summed E-state index contributed by atoms with van der Waals surface area (Å²) in [5.74, 6) is 0.719. The molecule has 2 fully saturated rings. The van der Waals surface area contributed by atoms with E-state index in [9.17, 15) is 4.79 Å². The molecule has 2 unspecified atom stereocenters. The fourth-order valence-electron chi connectivity index (χ4n) is 2.78. The standard InChI is InChI=1S/C15H20N2O/c18-15(13-8-4-5-9-16-13)17-14-10-12(14)11-6-2-1-3-7-11/h1-3,6-7,12-14,16H,4-5,8-10H2,(H,17,18)/t12?,13-,14?/m0/s1. The summed E-state index contributed by atoms with van der Waals surface area (Å²) in [5.41, 5.74) is 1.35. The van der Waals surface area contributed by atoms with Crippen LogP contribution >= 0.6 is 0 Å². The maximum absolute atomic E-state index is 12.1. The normalized spacial score (nSPS) is 30.8. The van der Waals surface area contributed by atoms with E-state index >= 15 is 0 Å². The molecule has 1 aliphatic heterocycles. The van der Waals surface area contributed by atoms with Crippen molar-refractivity contribution in [2.75, 3.05) is 6.54 Å². The summed E-state index contributed by atoms with van der Waals surface area (Å²) < 4.78 is 0. The van der Waals surface area contributed by atoms with Gasteiger partial charge in [-0.15, -0.1) is 0 Å². The van der Waals surface area contributed by atoms with Crippen molar-refractivity contribution in [3.63, 3.8) is 0 Å². The van der Waals surface area contributed by atoms with Crippen LogP contribution in [0.1, 0.15) is 37.2 Å². The Kier molecular flexibility index (Phi) is 3.33. The van der Waals surface area contributed by atoms with Crippen LogP contribution in [0.5, 0.6) is 0 Å². The van der Waals surface area contributed by atoms with Crippen LogP contribution in [-0.2, 0) is 4.79 Å². The molecule has 0 aromatic heterocycles. The van der Waals surface area contributed by atoms with E-state index in [-0.39, 0.29) is 11.9 Å². The van der Waals surface area contributed by atoms with Gasteiger partial charge in [0.2, 0.25) is 5.91 Å². The minimum absolute atomic E-state index is 0.0378. The smallest absolute Gasteiger partial charge is 0.237 e. The second-order valence-electron chi connectivity index (χ2n) is 5.37. The van der Waals surface area contributed by atoms with Gasteiger partial charge in [-0.2, -0.15) is 0 Å². The second-order valence-corrected chi connectivity index (χ2v) is 5.37. The minimum Gasteiger partial charge on any atom is -0.351 e. The number of amides is 1. The molecule has 1 aromatic carbocycles. The molecule has 2 aliphatic rings. The zero-order valence-electron chi connectivity index (χ0n) is 10.6. The molecule has 3 nitrogen and oxygen atoms in total. The summed E-state index contributed by atoms with van der Waals surface area (Å²) in [6.07, 6.45) is 4.43. The van der Waals surface area contributed by atoms with Gasteiger partial charge >= 0.3 is 0 Å². The van der Waals surface area contributed by atoms with Gasteiger partial charge in [0.15, 0.2) is 0 Å². The van der Waals surface area contributed by atoms with E-state index in [0.717, 1.165) is 25.8 Å². The molecule has 1 aromatic rings. The van der Waals surface area contributed by atoms with Crippen molar-refractivity contribution in [3.8, 4) is 0 Å². The Morgan fingerprint density at radius 1 is 1.22 bits per heavy atom. The highest BCUT2D eigenvalue weighted by atomic mass is 16.2. The number of hydrogen-bond donors (Lipinski definition) is 2. The largest absolute Gasteiger partial charge is 0.351 e. The first-order valence-corrected chi connectivity index (χ1v) is 6.93. The SMILES string of the molecule is O=C(NC1CC1c1ccccc1)[C@@H]1CCCCN1. The van der Waals surface area contributed by atoms with E-state index in [1.807, 2.05) is 6.07 Å². The molecule has 3 rings (SSSR count). The summed E-state index contributed by atoms with van der Waals surface area (Å²) in [5, 5.41) is 6.47. The third-order valence-electron chi connectivity index (χ3n) is 3.97. The molecule has 0 radical (unpaired) electrons. The average molecular weight is 244 g/mol. The van der Waals surface area contributed by atoms with Gasteiger partial charge in [-0.25, -0.2) is 0 Å². The molecule has 3 heteroatoms. The monoisotopic (exact) mass is 244 g/mol. The number of carbonyl (C=O) groups excluding carboxylic acids is 1. The number of carbonyl (C=O) groups is 1. The minimum atomic E-state index is 0.0378. The van der Waals surface area contributed by atoms with Crippen LogP contribution in [0.4, 0.5) is 0 Å². The van der Waals surface area contributed by atoms with Gasteiger partial charge in [0.25, 0.3) is 0 Å². The average Bonchev–Trinajstić information content (AvgIpc) is 3.20. The summed E-state index contributed by atoms with van der Waals surface area (Å²) in [6.45, 7) is 0.977. The first-order valence-electron chi connectivity index (χ1n) is 6.93. The van der Waals surface area contributed by atoms with E-state index in [2.05, 4.69) is 34.9 Å². The maximum atomic E-state index is 12.1. The Balaban J connectivity index is 1.51. The van der Waals surface area contributed by atoms with Crippen LogP contribution in [0.25, 0.3) is 0 Å². The molecule has 3 atom stereocenters. The highest BCUT2D eigenvalue weighted by molar-refractivity contribution is 5.82. The topological polar surface area (TPSA) is 41.1 Å². The Hall–Kier alpha value is -1.35. The molecule has 1 heterocycles. The molecule has 1 saturated carbocycles. The maximum Gasteiger partial charge on any atom is 0.237 e. The van der Waals surface area contributed by atoms with E-state index in [1.54, 1.807) is 0 Å². The third-order valence-corrected chi connectivity index (χ3v) is 3.97. The molecule has 96 valence electrons. The molecule has 0 bridgehead atoms. The van der Waals surface area contributed by atoms with Gasteiger partial charge < -0.3 is 10.6 Å². The van der Waals surface area contributed by atoms with Gasteiger partial charge in [-0.1, -0.05) is 36.8 Å². The molecule has 1 amide bonds. The second kappa shape index (κ2) is 5.11. The summed E-state index contributed by atoms with van der Waals surface area (Å²) in [6, 6.07) is 10.8. The zero-order chi connectivity index (χ0) is 12.4. The molecule has 18 heavy (non-hydrogen) atoms. The lowest BCUT2D eigenvalue weighted by molar-refractivity contribution is -0.123. The number of hydrogen-bond acceptors (Lipinski definition) is 2. The molecule has 0 spiro atoms. The summed E-state index contributed by atoms with van der Waals surface area (Å²) >= 11 is 0. The third kappa shape index (κ3) is 2.56. The van der Waals surface area contributed by atoms with Crippen molar-refractivity contribution in [1.29, 1.82) is 0 Å². The van der Waals surface area contributed by atoms with E-state index in [1.165, 1.54) is 12.0 Å². The Bertz CT molecular complexity index is 412. The van der Waals surface area contributed by atoms with Crippen LogP contribution in [0.3, 0.4) is 0 Å². The predicted octanol–water partition coefficient (Wildman–Crippen LogP) is 1.80. The van der Waals surface area contributed by atoms with Crippen molar-refractivity contribution >= 4 is 5.91 Å². The van der Waals surface area contributed by atoms with Gasteiger partial charge in [0.1, 0.15) is 0 Å². The molecular formula is C15H20N2O. The lowest BCUT2D eigenvalue weighted by Crippen LogP contribution is -2.47. The van der Waals surface area contributed by atoms with Crippen LogP contribution in [-0.4, -0.2) is 24.5 Å². The van der Waals surface area contributed by atoms with Crippen molar-refractivity contribution in [1.82, 2.24) is 10.6 Å². The fourth-order valence-corrected chi connectivity index (χ4v) is 2.78. The number of rotatable bonds is 3. The molecule has 2 N–H and O–H groups in total. The summed E-state index contributed by atoms with van der Waals surface area (Å²) in [4.78, 5) is 12.1. The Morgan fingerprint density at radius 2 is 2.06 bits per heavy atom. The quantitative estimate of drug-likeness (QED) is 0.851. The van der Waals surface area contributed by atoms with Gasteiger partial charge in [0.05, 0.1) is 6.04 Å². The Morgan fingerprint density at radius 3 is 2.78 bits per heavy atom. The van der Waals surface area contributed by atoms with E-state index < -0.39 is 0 Å². The van der Waals surface area contributed by atoms with Gasteiger partial charge in [0, 0.05) is 12.0 Å². The van der Waals surface area contributed by atoms with Crippen molar-refractivity contribution in [2.24, 2.45) is 0 Å². The number of nitrogens with one attached hydrogen (secondary N) is 2. The fraction of sp³-hybridized carbons (Fsp3) is 0.533. The summed E-state index contributed by atoms with van der Waals surface area (Å²) in [7, 11) is 0. The van der Waals surface area contributed by atoms with Crippen molar-refractivity contribution < 1.29 is 4.79 Å². The van der Waals surface area contributed by atoms with Crippen LogP contribution in [0.15, 0.2) is 30.3 Å². The highest BCUT2D eigenvalue weighted by Gasteiger charge is 2.40. The molecule has 1 aliphatic carbocycles. The van der Waals surface area contributed by atoms with Crippen LogP contribution in [0.2, 0.25) is 0 Å². The predicted molar refractivity (Wildman–Crippen MR) is 71.4 cm³/mol. The van der Waals surface area contributed by atoms with Gasteiger partial charge in [-0.05, 0) is 31.4 Å². The number of piperidine rings is 1. The van der Waals surface area contributed by atoms with Gasteiger partial charge in [-0.3, -0.25) is 4.79 Å². The van der Waals surface area contributed by atoms with Crippen molar-refractivity contribution in [2.45, 2.75) is 43.7 Å². The van der Waals surface area contributed by atoms with Crippen molar-refractivity contribution in [3.05, 3.63) is 35.9 Å². The van der Waals surface area contributed by atoms with Crippen LogP contribution in [0, 0.1) is 0 Å². The molecular weight excluding hydrogens is 224 g/mol. The lowest BCUT2D eigenvalue weighted by atomic mass is 10.0. The van der Waals surface area contributed by atoms with E-state index in [4.69, 9.17) is 0 Å². The number of benzene rings is 1. The van der Waals surface area contributed by atoms with E-state index in [0.29, 0.717) is 12.0 Å². The molecule has 1 saturated heterocycles. The zero-order valence-corrected chi connectivity index (χ0v) is 10.6. The first kappa shape index (κ1) is 11.7. The first-order chi connectivity index (χ1) is 8.84. The lowest BCUT2D eigenvalue weighted by Gasteiger charge is -2.22.